The van der Waals surface area contributed by atoms with Crippen molar-refractivity contribution in [3.63, 3.8) is 0 Å². The molecule has 1 atom stereocenters. The lowest BCUT2D eigenvalue weighted by atomic mass is 9.78. The van der Waals surface area contributed by atoms with Gasteiger partial charge < -0.3 is 19.1 Å². The van der Waals surface area contributed by atoms with Gasteiger partial charge in [-0.1, -0.05) is 18.6 Å². The molecular weight excluding hydrogens is 565 g/mol. The lowest BCUT2D eigenvalue weighted by Crippen LogP contribution is -2.48. The topological polar surface area (TPSA) is 85.4 Å². The molecule has 1 aliphatic heterocycles. The zero-order valence-corrected chi connectivity index (χ0v) is 25.5. The standard InChI is InChI=1S/C32H39F3N2O6/c1-19-22-14-15-37(28(38)17-26(29(39)41-6)36(5)30(40)43-31(2,3)4)25(22)12-13-27(19)42-18-20-10-11-23(21-8-7-9-21)24(16-20)32(33,34)35/h10-13,16,21,26H,7-9,14-15,17-18H2,1-6H3/t26-/m1/s1. The van der Waals surface area contributed by atoms with Crippen molar-refractivity contribution >= 4 is 23.7 Å². The first-order valence-corrected chi connectivity index (χ1v) is 14.4. The number of methoxy groups -OCH3 is 1. The maximum absolute atomic E-state index is 13.8. The van der Waals surface area contributed by atoms with Crippen LogP contribution in [0.5, 0.6) is 5.75 Å². The van der Waals surface area contributed by atoms with Gasteiger partial charge in [-0.3, -0.25) is 9.69 Å². The monoisotopic (exact) mass is 604 g/mol. The van der Waals surface area contributed by atoms with Crippen LogP contribution in [0.25, 0.3) is 0 Å². The van der Waals surface area contributed by atoms with Gasteiger partial charge in [0, 0.05) is 19.3 Å². The second-order valence-electron chi connectivity index (χ2n) is 12.2. The van der Waals surface area contributed by atoms with Crippen LogP contribution in [-0.4, -0.2) is 55.2 Å². The van der Waals surface area contributed by atoms with Gasteiger partial charge in [-0.2, -0.15) is 13.2 Å². The summed E-state index contributed by atoms with van der Waals surface area (Å²) in [6.45, 7) is 7.27. The van der Waals surface area contributed by atoms with Crippen LogP contribution >= 0.6 is 0 Å². The average Bonchev–Trinajstić information content (AvgIpc) is 3.33. The molecule has 0 radical (unpaired) electrons. The molecular formula is C32H39F3N2O6. The number of rotatable bonds is 8. The number of likely N-dealkylation sites (N-methyl/N-ethyl adjacent to an activating group) is 1. The smallest absolute Gasteiger partial charge is 0.416 e. The number of carbonyl (C=O) groups excluding carboxylic acids is 3. The zero-order valence-electron chi connectivity index (χ0n) is 25.5. The van der Waals surface area contributed by atoms with E-state index in [4.69, 9.17) is 14.2 Å². The van der Waals surface area contributed by atoms with Crippen molar-refractivity contribution in [2.24, 2.45) is 0 Å². The lowest BCUT2D eigenvalue weighted by Gasteiger charge is -2.30. The van der Waals surface area contributed by atoms with E-state index in [0.717, 1.165) is 35.3 Å². The quantitative estimate of drug-likeness (QED) is 0.318. The van der Waals surface area contributed by atoms with E-state index >= 15 is 0 Å². The van der Waals surface area contributed by atoms with Gasteiger partial charge in [0.25, 0.3) is 0 Å². The fourth-order valence-corrected chi connectivity index (χ4v) is 5.48. The van der Waals surface area contributed by atoms with E-state index in [1.807, 2.05) is 6.92 Å². The highest BCUT2D eigenvalue weighted by atomic mass is 19.4. The number of benzene rings is 2. The number of fused-ring (bicyclic) bond motifs is 1. The second kappa shape index (κ2) is 12.5. The molecule has 2 amide bonds. The van der Waals surface area contributed by atoms with E-state index in [0.29, 0.717) is 35.5 Å². The number of halogens is 3. The minimum absolute atomic E-state index is 0.0336. The van der Waals surface area contributed by atoms with E-state index in [-0.39, 0.29) is 24.9 Å². The third-order valence-corrected chi connectivity index (χ3v) is 8.05. The predicted octanol–water partition coefficient (Wildman–Crippen LogP) is 6.55. The number of esters is 1. The molecule has 0 unspecified atom stereocenters. The Hall–Kier alpha value is -3.76. The zero-order chi connectivity index (χ0) is 31.7. The Morgan fingerprint density at radius 3 is 2.37 bits per heavy atom. The average molecular weight is 605 g/mol. The molecule has 0 aromatic heterocycles. The number of ether oxygens (including phenoxy) is 3. The normalized spacial score (nSPS) is 15.8. The third kappa shape index (κ3) is 7.25. The fraction of sp³-hybridized carbons (Fsp3) is 0.531. The summed E-state index contributed by atoms with van der Waals surface area (Å²) in [5.41, 5.74) is 1.70. The van der Waals surface area contributed by atoms with E-state index in [1.165, 1.54) is 20.2 Å². The van der Waals surface area contributed by atoms with E-state index < -0.39 is 35.4 Å². The van der Waals surface area contributed by atoms with Crippen molar-refractivity contribution in [3.8, 4) is 5.75 Å². The van der Waals surface area contributed by atoms with E-state index in [2.05, 4.69) is 0 Å². The summed E-state index contributed by atoms with van der Waals surface area (Å²) in [7, 11) is 2.57. The molecule has 1 saturated carbocycles. The number of carbonyl (C=O) groups is 3. The van der Waals surface area contributed by atoms with Crippen molar-refractivity contribution in [1.29, 1.82) is 0 Å². The van der Waals surface area contributed by atoms with Crippen LogP contribution in [0.15, 0.2) is 30.3 Å². The SMILES string of the molecule is COC(=O)[C@@H](CC(=O)N1CCc2c1ccc(OCc1ccc(C3CCC3)c(C(F)(F)F)c1)c2C)N(C)C(=O)OC(C)(C)C. The highest BCUT2D eigenvalue weighted by Gasteiger charge is 2.38. The van der Waals surface area contributed by atoms with E-state index in [9.17, 15) is 27.6 Å². The van der Waals surface area contributed by atoms with Crippen molar-refractivity contribution in [1.82, 2.24) is 4.90 Å². The number of anilines is 1. The van der Waals surface area contributed by atoms with Crippen LogP contribution in [0.2, 0.25) is 0 Å². The van der Waals surface area contributed by atoms with Crippen molar-refractivity contribution in [2.75, 3.05) is 25.6 Å². The second-order valence-corrected chi connectivity index (χ2v) is 12.2. The Morgan fingerprint density at radius 2 is 1.79 bits per heavy atom. The van der Waals surface area contributed by atoms with Crippen molar-refractivity contribution in [2.45, 2.75) is 90.1 Å². The van der Waals surface area contributed by atoms with Gasteiger partial charge in [0.05, 0.1) is 19.1 Å². The molecule has 11 heteroatoms. The summed E-state index contributed by atoms with van der Waals surface area (Å²) in [4.78, 5) is 41.1. The fourth-order valence-electron chi connectivity index (χ4n) is 5.48. The third-order valence-electron chi connectivity index (χ3n) is 8.05. The molecule has 1 heterocycles. The summed E-state index contributed by atoms with van der Waals surface area (Å²) < 4.78 is 57.6. The van der Waals surface area contributed by atoms with Crippen LogP contribution in [0.3, 0.4) is 0 Å². The van der Waals surface area contributed by atoms with Gasteiger partial charge in [0.1, 0.15) is 24.0 Å². The Morgan fingerprint density at radius 1 is 1.09 bits per heavy atom. The molecule has 234 valence electrons. The van der Waals surface area contributed by atoms with Crippen LogP contribution in [0.1, 0.15) is 80.2 Å². The van der Waals surface area contributed by atoms with Gasteiger partial charge in [-0.25, -0.2) is 9.59 Å². The molecule has 1 fully saturated rings. The maximum atomic E-state index is 13.8. The van der Waals surface area contributed by atoms with Crippen molar-refractivity contribution < 1.29 is 41.8 Å². The van der Waals surface area contributed by atoms with Crippen molar-refractivity contribution in [3.05, 3.63) is 58.1 Å². The first-order valence-electron chi connectivity index (χ1n) is 14.4. The summed E-state index contributed by atoms with van der Waals surface area (Å²) in [6.07, 6.45) is -2.47. The Kier molecular flexibility index (Phi) is 9.32. The Labute approximate surface area is 250 Å². The molecule has 4 rings (SSSR count). The number of hydrogen-bond acceptors (Lipinski definition) is 6. The van der Waals surface area contributed by atoms with Gasteiger partial charge >= 0.3 is 18.2 Å². The van der Waals surface area contributed by atoms with Crippen LogP contribution in [0, 0.1) is 6.92 Å². The maximum Gasteiger partial charge on any atom is 0.416 e. The molecule has 0 N–H and O–H groups in total. The summed E-state index contributed by atoms with van der Waals surface area (Å²) >= 11 is 0. The van der Waals surface area contributed by atoms with E-state index in [1.54, 1.807) is 49.9 Å². The molecule has 1 aliphatic carbocycles. The summed E-state index contributed by atoms with van der Waals surface area (Å²) in [6, 6.07) is 6.69. The van der Waals surface area contributed by atoms with Gasteiger partial charge in [0.2, 0.25) is 5.91 Å². The highest BCUT2D eigenvalue weighted by molar-refractivity contribution is 5.99. The molecule has 43 heavy (non-hydrogen) atoms. The minimum Gasteiger partial charge on any atom is -0.489 e. The van der Waals surface area contributed by atoms with Crippen LogP contribution in [0.4, 0.5) is 23.7 Å². The Balaban J connectivity index is 1.47. The molecule has 8 nitrogen and oxygen atoms in total. The largest absolute Gasteiger partial charge is 0.489 e. The number of amides is 2. The number of hydrogen-bond donors (Lipinski definition) is 0. The number of nitrogens with zero attached hydrogens (tertiary/aromatic N) is 2. The number of alkyl halides is 3. The summed E-state index contributed by atoms with van der Waals surface area (Å²) in [5, 5.41) is 0. The van der Waals surface area contributed by atoms with Gasteiger partial charge in [-0.15, -0.1) is 0 Å². The van der Waals surface area contributed by atoms with Gasteiger partial charge in [-0.05, 0) is 93.3 Å². The lowest BCUT2D eigenvalue weighted by molar-refractivity contribution is -0.148. The molecule has 2 aliphatic rings. The highest BCUT2D eigenvalue weighted by Crippen LogP contribution is 2.43. The molecule has 0 bridgehead atoms. The predicted molar refractivity (Wildman–Crippen MR) is 154 cm³/mol. The Bertz CT molecular complexity index is 1380. The molecule has 0 saturated heterocycles. The first-order chi connectivity index (χ1) is 20.1. The minimum atomic E-state index is -4.44. The first kappa shape index (κ1) is 32.2. The van der Waals surface area contributed by atoms with Gasteiger partial charge in [0.15, 0.2) is 0 Å². The summed E-state index contributed by atoms with van der Waals surface area (Å²) in [5.74, 6) is -0.641. The van der Waals surface area contributed by atoms with Crippen LogP contribution in [-0.2, 0) is 38.3 Å². The molecule has 2 aromatic carbocycles. The molecule has 0 spiro atoms. The van der Waals surface area contributed by atoms with Crippen LogP contribution < -0.4 is 9.64 Å². The molecule has 2 aromatic rings.